The highest BCUT2D eigenvalue weighted by Gasteiger charge is 2.08. The number of hydrogen-bond acceptors (Lipinski definition) is 3. The second kappa shape index (κ2) is 7.90. The van der Waals surface area contributed by atoms with Gasteiger partial charge in [0.25, 0.3) is 0 Å². The molecule has 25 heavy (non-hydrogen) atoms. The number of halogens is 1. The SMILES string of the molecule is COc1cccc(CC(=O)NCc2ccc(-c3ccc(Cl)cc3)o2)c1. The molecule has 3 aromatic rings. The van der Waals surface area contributed by atoms with Crippen LogP contribution in [-0.4, -0.2) is 13.0 Å². The highest BCUT2D eigenvalue weighted by atomic mass is 35.5. The fourth-order valence-corrected chi connectivity index (χ4v) is 2.58. The molecule has 0 aliphatic heterocycles. The normalized spacial score (nSPS) is 10.5. The van der Waals surface area contributed by atoms with Gasteiger partial charge in [0.2, 0.25) is 5.91 Å². The first-order chi connectivity index (χ1) is 12.1. The molecule has 1 N–H and O–H groups in total. The molecule has 0 radical (unpaired) electrons. The third kappa shape index (κ3) is 4.64. The van der Waals surface area contributed by atoms with Gasteiger partial charge in [0.15, 0.2) is 0 Å². The minimum absolute atomic E-state index is 0.0716. The molecule has 4 nitrogen and oxygen atoms in total. The first-order valence-electron chi connectivity index (χ1n) is 7.88. The molecule has 0 fully saturated rings. The number of rotatable bonds is 6. The molecule has 1 amide bonds. The van der Waals surface area contributed by atoms with Crippen LogP contribution in [0.15, 0.2) is 65.1 Å². The number of amides is 1. The number of hydrogen-bond donors (Lipinski definition) is 1. The Kier molecular flexibility index (Phi) is 5.41. The lowest BCUT2D eigenvalue weighted by molar-refractivity contribution is -0.120. The largest absolute Gasteiger partial charge is 0.497 e. The van der Waals surface area contributed by atoms with Gasteiger partial charge >= 0.3 is 0 Å². The third-order valence-corrected chi connectivity index (χ3v) is 4.00. The van der Waals surface area contributed by atoms with E-state index in [-0.39, 0.29) is 5.91 Å². The Morgan fingerprint density at radius 2 is 1.92 bits per heavy atom. The summed E-state index contributed by atoms with van der Waals surface area (Å²) < 4.78 is 10.9. The van der Waals surface area contributed by atoms with Gasteiger partial charge in [0.1, 0.15) is 17.3 Å². The molecule has 0 bridgehead atoms. The summed E-state index contributed by atoms with van der Waals surface area (Å²) in [6.45, 7) is 0.344. The van der Waals surface area contributed by atoms with Gasteiger partial charge in [-0.3, -0.25) is 4.79 Å². The van der Waals surface area contributed by atoms with Gasteiger partial charge < -0.3 is 14.5 Å². The molecular weight excluding hydrogens is 338 g/mol. The van der Waals surface area contributed by atoms with Crippen molar-refractivity contribution in [3.8, 4) is 17.1 Å². The Labute approximate surface area is 151 Å². The lowest BCUT2D eigenvalue weighted by atomic mass is 10.1. The number of carbonyl (C=O) groups excluding carboxylic acids is 1. The molecule has 0 atom stereocenters. The molecule has 0 aliphatic rings. The van der Waals surface area contributed by atoms with E-state index in [0.29, 0.717) is 23.7 Å². The van der Waals surface area contributed by atoms with Crippen molar-refractivity contribution in [3.63, 3.8) is 0 Å². The summed E-state index contributed by atoms with van der Waals surface area (Å²) in [6.07, 6.45) is 0.294. The summed E-state index contributed by atoms with van der Waals surface area (Å²) >= 11 is 5.89. The van der Waals surface area contributed by atoms with Crippen molar-refractivity contribution < 1.29 is 13.9 Å². The Bertz CT molecular complexity index is 855. The van der Waals surface area contributed by atoms with Gasteiger partial charge in [0, 0.05) is 10.6 Å². The van der Waals surface area contributed by atoms with Crippen LogP contribution in [0.2, 0.25) is 5.02 Å². The monoisotopic (exact) mass is 355 g/mol. The summed E-state index contributed by atoms with van der Waals surface area (Å²) in [4.78, 5) is 12.1. The zero-order valence-corrected chi connectivity index (χ0v) is 14.5. The van der Waals surface area contributed by atoms with Crippen LogP contribution in [0.25, 0.3) is 11.3 Å². The summed E-state index contributed by atoms with van der Waals surface area (Å²) in [5.74, 6) is 2.11. The molecule has 1 aromatic heterocycles. The maximum Gasteiger partial charge on any atom is 0.224 e. The van der Waals surface area contributed by atoms with Crippen molar-refractivity contribution in [1.29, 1.82) is 0 Å². The average molecular weight is 356 g/mol. The van der Waals surface area contributed by atoms with Crippen LogP contribution in [0.1, 0.15) is 11.3 Å². The van der Waals surface area contributed by atoms with E-state index in [9.17, 15) is 4.79 Å². The van der Waals surface area contributed by atoms with Crippen molar-refractivity contribution in [3.05, 3.63) is 77.0 Å². The van der Waals surface area contributed by atoms with E-state index in [0.717, 1.165) is 22.6 Å². The van der Waals surface area contributed by atoms with Crippen LogP contribution >= 0.6 is 11.6 Å². The van der Waals surface area contributed by atoms with Crippen LogP contribution in [-0.2, 0) is 17.8 Å². The van der Waals surface area contributed by atoms with Crippen molar-refractivity contribution >= 4 is 17.5 Å². The minimum atomic E-state index is -0.0716. The first kappa shape index (κ1) is 17.1. The van der Waals surface area contributed by atoms with Gasteiger partial charge in [-0.1, -0.05) is 23.7 Å². The molecular formula is C20H18ClNO3. The Hall–Kier alpha value is -2.72. The van der Waals surface area contributed by atoms with E-state index in [4.69, 9.17) is 20.8 Å². The second-order valence-corrected chi connectivity index (χ2v) is 6.01. The Morgan fingerprint density at radius 1 is 1.12 bits per heavy atom. The predicted octanol–water partition coefficient (Wildman–Crippen LogP) is 4.47. The lowest BCUT2D eigenvalue weighted by Gasteiger charge is -2.05. The van der Waals surface area contributed by atoms with E-state index < -0.39 is 0 Å². The van der Waals surface area contributed by atoms with Crippen LogP contribution in [0, 0.1) is 0 Å². The van der Waals surface area contributed by atoms with Gasteiger partial charge in [-0.25, -0.2) is 0 Å². The number of methoxy groups -OCH3 is 1. The number of nitrogens with one attached hydrogen (secondary N) is 1. The third-order valence-electron chi connectivity index (χ3n) is 3.75. The average Bonchev–Trinajstić information content (AvgIpc) is 3.10. The quantitative estimate of drug-likeness (QED) is 0.709. The summed E-state index contributed by atoms with van der Waals surface area (Å²) in [5, 5.41) is 3.55. The summed E-state index contributed by atoms with van der Waals surface area (Å²) in [7, 11) is 1.61. The van der Waals surface area contributed by atoms with Gasteiger partial charge in [-0.15, -0.1) is 0 Å². The van der Waals surface area contributed by atoms with Crippen molar-refractivity contribution in [1.82, 2.24) is 5.32 Å². The first-order valence-corrected chi connectivity index (χ1v) is 8.26. The fraction of sp³-hybridized carbons (Fsp3) is 0.150. The zero-order valence-electron chi connectivity index (χ0n) is 13.8. The Morgan fingerprint density at radius 3 is 2.68 bits per heavy atom. The van der Waals surface area contributed by atoms with Gasteiger partial charge in [-0.2, -0.15) is 0 Å². The molecule has 0 saturated heterocycles. The molecule has 1 heterocycles. The van der Waals surface area contributed by atoms with Crippen LogP contribution in [0.3, 0.4) is 0 Å². The minimum Gasteiger partial charge on any atom is -0.497 e. The van der Waals surface area contributed by atoms with Crippen molar-refractivity contribution in [2.45, 2.75) is 13.0 Å². The molecule has 0 spiro atoms. The maximum absolute atomic E-state index is 12.1. The van der Waals surface area contributed by atoms with E-state index >= 15 is 0 Å². The summed E-state index contributed by atoms with van der Waals surface area (Å²) in [6, 6.07) is 18.6. The topological polar surface area (TPSA) is 51.5 Å². The summed E-state index contributed by atoms with van der Waals surface area (Å²) in [5.41, 5.74) is 1.84. The maximum atomic E-state index is 12.1. The fourth-order valence-electron chi connectivity index (χ4n) is 2.46. The lowest BCUT2D eigenvalue weighted by Crippen LogP contribution is -2.24. The van der Waals surface area contributed by atoms with E-state index in [1.165, 1.54) is 0 Å². The number of carbonyl (C=O) groups is 1. The standard InChI is InChI=1S/C20H18ClNO3/c1-24-17-4-2-3-14(11-17)12-20(23)22-13-18-9-10-19(25-18)15-5-7-16(21)8-6-15/h2-11H,12-13H2,1H3,(H,22,23). The number of benzene rings is 2. The van der Waals surface area contributed by atoms with Gasteiger partial charge in [0.05, 0.1) is 20.1 Å². The number of ether oxygens (including phenoxy) is 1. The number of furan rings is 1. The van der Waals surface area contributed by atoms with Crippen molar-refractivity contribution in [2.75, 3.05) is 7.11 Å². The molecule has 128 valence electrons. The van der Waals surface area contributed by atoms with E-state index in [2.05, 4.69) is 5.32 Å². The highest BCUT2D eigenvalue weighted by Crippen LogP contribution is 2.23. The molecule has 3 rings (SSSR count). The van der Waals surface area contributed by atoms with E-state index in [1.54, 1.807) is 7.11 Å². The Balaban J connectivity index is 1.56. The molecule has 2 aromatic carbocycles. The van der Waals surface area contributed by atoms with E-state index in [1.807, 2.05) is 60.7 Å². The van der Waals surface area contributed by atoms with Crippen molar-refractivity contribution in [2.24, 2.45) is 0 Å². The molecule has 0 saturated carbocycles. The second-order valence-electron chi connectivity index (χ2n) is 5.58. The molecule has 5 heteroatoms. The van der Waals surface area contributed by atoms with Gasteiger partial charge in [-0.05, 0) is 54.1 Å². The van der Waals surface area contributed by atoms with Crippen LogP contribution < -0.4 is 10.1 Å². The predicted molar refractivity (Wildman–Crippen MR) is 97.7 cm³/mol. The molecule has 0 unspecified atom stereocenters. The molecule has 0 aliphatic carbocycles. The zero-order chi connectivity index (χ0) is 17.6. The van der Waals surface area contributed by atoms with Crippen LogP contribution in [0.5, 0.6) is 5.75 Å². The smallest absolute Gasteiger partial charge is 0.224 e. The van der Waals surface area contributed by atoms with Crippen LogP contribution in [0.4, 0.5) is 0 Å². The highest BCUT2D eigenvalue weighted by molar-refractivity contribution is 6.30.